The molecule has 3 aromatic rings. The molecule has 2 unspecified atom stereocenters. The third kappa shape index (κ3) is 5.87. The summed E-state index contributed by atoms with van der Waals surface area (Å²) >= 11 is 0. The van der Waals surface area contributed by atoms with Crippen LogP contribution in [0.5, 0.6) is 5.75 Å². The molecule has 2 heterocycles. The van der Waals surface area contributed by atoms with Gasteiger partial charge in [-0.05, 0) is 62.1 Å². The fraction of sp³-hybridized carbons (Fsp3) is 0.346. The quantitative estimate of drug-likeness (QED) is 0.546. The average molecular weight is 449 g/mol. The number of aromatic nitrogens is 1. The highest BCUT2D eigenvalue weighted by atomic mass is 16.5. The first-order valence-corrected chi connectivity index (χ1v) is 11.1. The van der Waals surface area contributed by atoms with Crippen LogP contribution in [0.15, 0.2) is 54.6 Å². The molecule has 0 saturated carbocycles. The zero-order chi connectivity index (χ0) is 23.2. The van der Waals surface area contributed by atoms with Crippen LogP contribution in [-0.4, -0.2) is 36.8 Å². The Morgan fingerprint density at radius 3 is 2.73 bits per heavy atom. The summed E-state index contributed by atoms with van der Waals surface area (Å²) in [5, 5.41) is 3.97. The number of aryl methyl sites for hydroxylation is 1. The van der Waals surface area contributed by atoms with Crippen molar-refractivity contribution in [1.82, 2.24) is 10.3 Å². The van der Waals surface area contributed by atoms with Gasteiger partial charge in [0.1, 0.15) is 18.6 Å². The minimum atomic E-state index is -0.417. The summed E-state index contributed by atoms with van der Waals surface area (Å²) in [7, 11) is 1.38. The van der Waals surface area contributed by atoms with Gasteiger partial charge in [0.05, 0.1) is 12.6 Å². The number of fused-ring (bicyclic) bond motifs is 1. The molecule has 1 aliphatic heterocycles. The molecule has 1 amide bonds. The maximum atomic E-state index is 12.6. The Kier molecular flexibility index (Phi) is 7.19. The first-order valence-electron chi connectivity index (χ1n) is 11.1. The summed E-state index contributed by atoms with van der Waals surface area (Å²) in [4.78, 5) is 28.7. The number of methoxy groups -OCH3 is 1. The molecule has 0 radical (unpaired) electrons. The van der Waals surface area contributed by atoms with Gasteiger partial charge in [-0.2, -0.15) is 0 Å². The molecule has 4 rings (SSSR count). The van der Waals surface area contributed by atoms with Crippen LogP contribution in [0.4, 0.5) is 0 Å². The number of para-hydroxylation sites is 1. The number of pyridine rings is 1. The van der Waals surface area contributed by atoms with Crippen LogP contribution >= 0.6 is 0 Å². The van der Waals surface area contributed by atoms with Crippen molar-refractivity contribution < 1.29 is 23.8 Å². The predicted molar refractivity (Wildman–Crippen MR) is 124 cm³/mol. The number of esters is 1. The van der Waals surface area contributed by atoms with Crippen LogP contribution in [0.1, 0.15) is 40.9 Å². The largest absolute Gasteiger partial charge is 0.489 e. The zero-order valence-electron chi connectivity index (χ0n) is 18.9. The van der Waals surface area contributed by atoms with E-state index in [1.165, 1.54) is 7.11 Å². The molecular weight excluding hydrogens is 420 g/mol. The number of hydrogen-bond acceptors (Lipinski definition) is 6. The Morgan fingerprint density at radius 1 is 1.15 bits per heavy atom. The molecule has 0 bridgehead atoms. The van der Waals surface area contributed by atoms with Gasteiger partial charge in [0.25, 0.3) is 5.91 Å². The standard InChI is InChI=1S/C26H28N2O5/c1-17-13-20(22-5-3-4-6-23(22)27-17)16-33-21-9-7-19(8-10-21)26(30)28-24-14-18(11-12-32-24)15-25(29)31-2/h3-10,13,18,24H,11-12,14-16H2,1-2H3,(H,28,30). The van der Waals surface area contributed by atoms with E-state index in [2.05, 4.69) is 10.3 Å². The SMILES string of the molecule is COC(=O)CC1CCOC(NC(=O)c2ccc(OCc3cc(C)nc4ccccc34)cc2)C1. The van der Waals surface area contributed by atoms with E-state index in [1.54, 1.807) is 24.3 Å². The van der Waals surface area contributed by atoms with E-state index in [4.69, 9.17) is 14.2 Å². The fourth-order valence-corrected chi connectivity index (χ4v) is 4.08. The molecule has 33 heavy (non-hydrogen) atoms. The summed E-state index contributed by atoms with van der Waals surface area (Å²) in [6.07, 6.45) is 1.28. The molecule has 1 aromatic heterocycles. The van der Waals surface area contributed by atoms with E-state index < -0.39 is 6.23 Å². The van der Waals surface area contributed by atoms with Crippen LogP contribution in [0, 0.1) is 12.8 Å². The predicted octanol–water partition coefficient (Wildman–Crippen LogP) is 4.17. The second-order valence-electron chi connectivity index (χ2n) is 8.26. The van der Waals surface area contributed by atoms with Crippen molar-refractivity contribution in [2.75, 3.05) is 13.7 Å². The molecule has 2 atom stereocenters. The summed E-state index contributed by atoms with van der Waals surface area (Å²) in [6.45, 7) is 2.88. The van der Waals surface area contributed by atoms with E-state index >= 15 is 0 Å². The Bertz CT molecular complexity index is 1130. The highest BCUT2D eigenvalue weighted by Crippen LogP contribution is 2.24. The zero-order valence-corrected chi connectivity index (χ0v) is 18.9. The number of benzene rings is 2. The topological polar surface area (TPSA) is 86.8 Å². The first kappa shape index (κ1) is 22.7. The molecule has 1 aliphatic rings. The van der Waals surface area contributed by atoms with E-state index in [0.717, 1.165) is 28.6 Å². The smallest absolute Gasteiger partial charge is 0.305 e. The fourth-order valence-electron chi connectivity index (χ4n) is 4.08. The van der Waals surface area contributed by atoms with Gasteiger partial charge < -0.3 is 19.5 Å². The molecule has 1 N–H and O–H groups in total. The van der Waals surface area contributed by atoms with Crippen LogP contribution in [-0.2, 0) is 20.9 Å². The molecule has 172 valence electrons. The van der Waals surface area contributed by atoms with Crippen molar-refractivity contribution in [2.45, 2.75) is 39.0 Å². The summed E-state index contributed by atoms with van der Waals surface area (Å²) in [5.41, 5.74) is 3.47. The van der Waals surface area contributed by atoms with Gasteiger partial charge in [0, 0.05) is 35.2 Å². The maximum Gasteiger partial charge on any atom is 0.305 e. The van der Waals surface area contributed by atoms with Gasteiger partial charge in [0.2, 0.25) is 0 Å². The Balaban J connectivity index is 1.34. The van der Waals surface area contributed by atoms with Crippen molar-refractivity contribution in [2.24, 2.45) is 5.92 Å². The second-order valence-corrected chi connectivity index (χ2v) is 8.26. The van der Waals surface area contributed by atoms with E-state index in [1.807, 2.05) is 37.3 Å². The number of nitrogens with one attached hydrogen (secondary N) is 1. The van der Waals surface area contributed by atoms with Crippen molar-refractivity contribution in [3.63, 3.8) is 0 Å². The highest BCUT2D eigenvalue weighted by molar-refractivity contribution is 5.94. The van der Waals surface area contributed by atoms with Gasteiger partial charge in [-0.1, -0.05) is 18.2 Å². The third-order valence-electron chi connectivity index (χ3n) is 5.81. The van der Waals surface area contributed by atoms with Gasteiger partial charge in [-0.15, -0.1) is 0 Å². The van der Waals surface area contributed by atoms with Crippen molar-refractivity contribution in [3.05, 3.63) is 71.4 Å². The normalized spacial score (nSPS) is 18.0. The minimum absolute atomic E-state index is 0.139. The molecule has 7 heteroatoms. The number of hydrogen-bond donors (Lipinski definition) is 1. The van der Waals surface area contributed by atoms with E-state index in [9.17, 15) is 9.59 Å². The number of carbonyl (C=O) groups is 2. The number of amides is 1. The second kappa shape index (κ2) is 10.4. The van der Waals surface area contributed by atoms with Crippen LogP contribution in [0.2, 0.25) is 0 Å². The van der Waals surface area contributed by atoms with Gasteiger partial charge in [-0.25, -0.2) is 0 Å². The third-order valence-corrected chi connectivity index (χ3v) is 5.81. The Morgan fingerprint density at radius 2 is 1.94 bits per heavy atom. The van der Waals surface area contributed by atoms with Crippen molar-refractivity contribution >= 4 is 22.8 Å². The van der Waals surface area contributed by atoms with Crippen LogP contribution < -0.4 is 10.1 Å². The lowest BCUT2D eigenvalue weighted by Crippen LogP contribution is -2.41. The first-order chi connectivity index (χ1) is 16.0. The van der Waals surface area contributed by atoms with E-state index in [-0.39, 0.29) is 17.8 Å². The summed E-state index contributed by atoms with van der Waals surface area (Å²) in [6, 6.07) is 17.1. The Labute approximate surface area is 193 Å². The van der Waals surface area contributed by atoms with E-state index in [0.29, 0.717) is 37.4 Å². The lowest BCUT2D eigenvalue weighted by molar-refractivity contribution is -0.143. The van der Waals surface area contributed by atoms with Gasteiger partial charge in [-0.3, -0.25) is 14.6 Å². The molecule has 0 aliphatic carbocycles. The molecule has 7 nitrogen and oxygen atoms in total. The maximum absolute atomic E-state index is 12.6. The average Bonchev–Trinajstić information content (AvgIpc) is 2.83. The highest BCUT2D eigenvalue weighted by Gasteiger charge is 2.26. The number of rotatable bonds is 7. The minimum Gasteiger partial charge on any atom is -0.489 e. The monoisotopic (exact) mass is 448 g/mol. The van der Waals surface area contributed by atoms with Crippen LogP contribution in [0.25, 0.3) is 10.9 Å². The Hall–Kier alpha value is -3.45. The summed E-state index contributed by atoms with van der Waals surface area (Å²) < 4.78 is 16.4. The molecule has 0 spiro atoms. The molecule has 1 saturated heterocycles. The van der Waals surface area contributed by atoms with Crippen molar-refractivity contribution in [3.8, 4) is 5.75 Å². The van der Waals surface area contributed by atoms with Crippen LogP contribution in [0.3, 0.4) is 0 Å². The number of carbonyl (C=O) groups excluding carboxylic acids is 2. The molecule has 2 aromatic carbocycles. The molecular formula is C26H28N2O5. The lowest BCUT2D eigenvalue weighted by atomic mass is 9.95. The lowest BCUT2D eigenvalue weighted by Gasteiger charge is -2.29. The van der Waals surface area contributed by atoms with Gasteiger partial charge in [0.15, 0.2) is 0 Å². The number of ether oxygens (including phenoxy) is 3. The van der Waals surface area contributed by atoms with Gasteiger partial charge >= 0.3 is 5.97 Å². The number of nitrogens with zero attached hydrogens (tertiary/aromatic N) is 1. The molecule has 1 fully saturated rings. The van der Waals surface area contributed by atoms with Crippen molar-refractivity contribution in [1.29, 1.82) is 0 Å². The summed E-state index contributed by atoms with van der Waals surface area (Å²) in [5.74, 6) is 0.357.